The molecule has 10 nitrogen and oxygen atoms in total. The molecule has 174 valence electrons. The molecule has 0 amide bonds. The van der Waals surface area contributed by atoms with Crippen LogP contribution in [-0.2, 0) is 16.6 Å². The zero-order valence-corrected chi connectivity index (χ0v) is 19.1. The molecule has 0 atom stereocenters. The van der Waals surface area contributed by atoms with Gasteiger partial charge in [-0.05, 0) is 49.6 Å². The number of rotatable bonds is 10. The first-order valence-electron chi connectivity index (χ1n) is 10.7. The van der Waals surface area contributed by atoms with Crippen LogP contribution >= 0.6 is 0 Å². The summed E-state index contributed by atoms with van der Waals surface area (Å²) in [5, 5.41) is 8.00. The Kier molecular flexibility index (Phi) is 6.78. The van der Waals surface area contributed by atoms with Crippen molar-refractivity contribution in [3.8, 4) is 17.2 Å². The van der Waals surface area contributed by atoms with Crippen LogP contribution in [0.25, 0.3) is 11.5 Å². The smallest absolute Gasteiger partial charge is 0.329 e. The molecule has 0 bridgehead atoms. The van der Waals surface area contributed by atoms with Crippen molar-refractivity contribution in [3.05, 3.63) is 60.9 Å². The normalized spacial score (nSPS) is 14.7. The highest BCUT2D eigenvalue weighted by molar-refractivity contribution is 7.91. The lowest BCUT2D eigenvalue weighted by molar-refractivity contribution is 0.303. The van der Waals surface area contributed by atoms with E-state index in [0.29, 0.717) is 37.0 Å². The Labute approximate surface area is 192 Å². The average molecular weight is 471 g/mol. The van der Waals surface area contributed by atoms with Gasteiger partial charge in [-0.1, -0.05) is 6.92 Å². The molecule has 3 aromatic rings. The van der Waals surface area contributed by atoms with Gasteiger partial charge in [-0.2, -0.15) is 8.42 Å². The van der Waals surface area contributed by atoms with E-state index in [4.69, 9.17) is 14.9 Å². The number of nitrogens with zero attached hydrogens (tertiary/aromatic N) is 5. The first-order chi connectivity index (χ1) is 16.0. The van der Waals surface area contributed by atoms with E-state index in [1.807, 2.05) is 31.2 Å². The number of pyridine rings is 1. The van der Waals surface area contributed by atoms with E-state index in [1.165, 1.54) is 27.1 Å². The summed E-state index contributed by atoms with van der Waals surface area (Å²) in [5.41, 5.74) is 6.98. The van der Waals surface area contributed by atoms with Crippen molar-refractivity contribution in [2.24, 2.45) is 0 Å². The van der Waals surface area contributed by atoms with Gasteiger partial charge < -0.3 is 14.9 Å². The van der Waals surface area contributed by atoms with Crippen LogP contribution in [0, 0.1) is 0 Å². The van der Waals surface area contributed by atoms with Crippen molar-refractivity contribution in [1.29, 1.82) is 0 Å². The zero-order valence-electron chi connectivity index (χ0n) is 18.3. The Hall–Kier alpha value is -3.60. The molecule has 1 aromatic carbocycles. The van der Waals surface area contributed by atoms with E-state index < -0.39 is 10.2 Å². The van der Waals surface area contributed by atoms with E-state index in [2.05, 4.69) is 15.2 Å². The summed E-state index contributed by atoms with van der Waals surface area (Å²) in [6, 6.07) is 10.6. The maximum absolute atomic E-state index is 12.7. The second kappa shape index (κ2) is 9.90. The van der Waals surface area contributed by atoms with Gasteiger partial charge in [0.15, 0.2) is 0 Å². The van der Waals surface area contributed by atoms with Gasteiger partial charge in [-0.15, -0.1) is 10.2 Å². The van der Waals surface area contributed by atoms with Gasteiger partial charge in [0.1, 0.15) is 11.6 Å². The number of ether oxygens (including phenoxy) is 1. The van der Waals surface area contributed by atoms with Crippen LogP contribution in [0.5, 0.6) is 5.75 Å². The number of benzene rings is 1. The van der Waals surface area contributed by atoms with Crippen LogP contribution in [-0.4, -0.2) is 41.1 Å². The first-order valence-corrected chi connectivity index (χ1v) is 12.1. The molecule has 0 spiro atoms. The molecule has 2 N–H and O–H groups in total. The van der Waals surface area contributed by atoms with E-state index in [-0.39, 0.29) is 5.82 Å². The minimum Gasteiger partial charge on any atom is -0.494 e. The molecule has 0 saturated heterocycles. The van der Waals surface area contributed by atoms with Gasteiger partial charge in [-0.25, -0.2) is 9.29 Å². The number of aromatic nitrogens is 3. The molecule has 2 aromatic heterocycles. The van der Waals surface area contributed by atoms with E-state index >= 15 is 0 Å². The Morgan fingerprint density at radius 3 is 2.61 bits per heavy atom. The fourth-order valence-electron chi connectivity index (χ4n) is 3.33. The van der Waals surface area contributed by atoms with Gasteiger partial charge in [0.25, 0.3) is 0 Å². The van der Waals surface area contributed by atoms with E-state index in [0.717, 1.165) is 30.6 Å². The fraction of sp³-hybridized carbons (Fsp3) is 0.318. The van der Waals surface area contributed by atoms with E-state index in [9.17, 15) is 8.42 Å². The monoisotopic (exact) mass is 470 g/mol. The number of hydrogen-bond acceptors (Lipinski definition) is 8. The van der Waals surface area contributed by atoms with Gasteiger partial charge in [0.05, 0.1) is 12.3 Å². The number of unbranched alkanes of at least 4 members (excludes halogenated alkanes) is 2. The average Bonchev–Trinajstić information content (AvgIpc) is 3.40. The predicted octanol–water partition coefficient (Wildman–Crippen LogP) is 3.36. The highest BCUT2D eigenvalue weighted by Gasteiger charge is 2.31. The Morgan fingerprint density at radius 2 is 1.88 bits per heavy atom. The number of anilines is 2. The molecule has 4 rings (SSSR count). The fourth-order valence-corrected chi connectivity index (χ4v) is 4.71. The van der Waals surface area contributed by atoms with Crippen molar-refractivity contribution in [3.63, 3.8) is 0 Å². The molecule has 0 unspecified atom stereocenters. The molecule has 0 saturated carbocycles. The van der Waals surface area contributed by atoms with Crippen LogP contribution in [0.1, 0.15) is 32.1 Å². The lowest BCUT2D eigenvalue weighted by Crippen LogP contribution is -2.33. The molecular weight excluding hydrogens is 444 g/mol. The van der Waals surface area contributed by atoms with Crippen LogP contribution in [0.2, 0.25) is 0 Å². The molecular formula is C22H26N6O4S. The molecule has 0 radical (unpaired) electrons. The summed E-state index contributed by atoms with van der Waals surface area (Å²) in [6.45, 7) is 2.91. The summed E-state index contributed by atoms with van der Waals surface area (Å²) in [4.78, 5) is 3.90. The maximum Gasteiger partial charge on any atom is 0.329 e. The number of nitrogen functional groups attached to an aromatic ring is 1. The molecule has 33 heavy (non-hydrogen) atoms. The van der Waals surface area contributed by atoms with Gasteiger partial charge in [0.2, 0.25) is 11.8 Å². The summed E-state index contributed by atoms with van der Waals surface area (Å²) >= 11 is 0. The lowest BCUT2D eigenvalue weighted by Gasteiger charge is -2.21. The summed E-state index contributed by atoms with van der Waals surface area (Å²) < 4.78 is 39.4. The zero-order chi connectivity index (χ0) is 23.3. The Balaban J connectivity index is 1.18. The van der Waals surface area contributed by atoms with Crippen LogP contribution in [0.15, 0.2) is 59.4 Å². The highest BCUT2D eigenvalue weighted by atomic mass is 32.2. The minimum atomic E-state index is -3.64. The maximum atomic E-state index is 12.7. The Morgan fingerprint density at radius 1 is 1.06 bits per heavy atom. The third-order valence-electron chi connectivity index (χ3n) is 5.09. The van der Waals surface area contributed by atoms with Gasteiger partial charge >= 0.3 is 10.2 Å². The number of aryl methyl sites for hydroxylation is 1. The van der Waals surface area contributed by atoms with Crippen molar-refractivity contribution in [2.45, 2.75) is 32.6 Å². The highest BCUT2D eigenvalue weighted by Crippen LogP contribution is 2.27. The molecule has 3 heterocycles. The SMILES string of the molecule is CCc1nnc(-c2ccc(OCCCCCN3C=CN(c4ccnc(N)c4)S3(=O)=O)cc2)o1. The topological polar surface area (TPSA) is 128 Å². The van der Waals surface area contributed by atoms with Gasteiger partial charge in [-0.3, -0.25) is 4.31 Å². The van der Waals surface area contributed by atoms with Crippen molar-refractivity contribution < 1.29 is 17.6 Å². The molecule has 1 aliphatic heterocycles. The molecule has 0 fully saturated rings. The Bertz CT molecular complexity index is 1210. The number of nitrogens with two attached hydrogens (primary N) is 1. The summed E-state index contributed by atoms with van der Waals surface area (Å²) in [7, 11) is -3.64. The van der Waals surface area contributed by atoms with Crippen molar-refractivity contribution >= 4 is 21.7 Å². The summed E-state index contributed by atoms with van der Waals surface area (Å²) in [6.07, 6.45) is 7.64. The van der Waals surface area contributed by atoms with Crippen LogP contribution < -0.4 is 14.8 Å². The largest absolute Gasteiger partial charge is 0.494 e. The summed E-state index contributed by atoms with van der Waals surface area (Å²) in [5.74, 6) is 2.13. The van der Waals surface area contributed by atoms with Crippen molar-refractivity contribution in [1.82, 2.24) is 19.5 Å². The lowest BCUT2D eigenvalue weighted by atomic mass is 10.2. The van der Waals surface area contributed by atoms with Crippen LogP contribution in [0.3, 0.4) is 0 Å². The van der Waals surface area contributed by atoms with E-state index in [1.54, 1.807) is 12.3 Å². The van der Waals surface area contributed by atoms with Crippen molar-refractivity contribution in [2.75, 3.05) is 23.2 Å². The first kappa shape index (κ1) is 22.6. The molecule has 0 aliphatic carbocycles. The quantitative estimate of drug-likeness (QED) is 0.447. The third-order valence-corrected chi connectivity index (χ3v) is 6.82. The standard InChI is InChI=1S/C22H26N6O4S/c1-2-21-25-26-22(32-21)17-6-8-19(9-7-17)31-15-5-3-4-12-27-13-14-28(33(27,29)30)18-10-11-24-20(23)16-18/h6-11,13-14,16H,2-5,12,15H2,1H3,(H2,23,24). The second-order valence-electron chi connectivity index (χ2n) is 7.44. The van der Waals surface area contributed by atoms with Crippen LogP contribution in [0.4, 0.5) is 11.5 Å². The number of hydrogen-bond donors (Lipinski definition) is 1. The molecule has 11 heteroatoms. The third kappa shape index (κ3) is 5.25. The van der Waals surface area contributed by atoms with Gasteiger partial charge in [0, 0.05) is 43.2 Å². The second-order valence-corrected chi connectivity index (χ2v) is 9.20. The minimum absolute atomic E-state index is 0.268. The predicted molar refractivity (Wildman–Crippen MR) is 124 cm³/mol. The molecule has 1 aliphatic rings.